The highest BCUT2D eigenvalue weighted by Crippen LogP contribution is 2.41. The minimum absolute atomic E-state index is 0.00430. The lowest BCUT2D eigenvalue weighted by molar-refractivity contribution is -0.115. The van der Waals surface area contributed by atoms with Crippen LogP contribution in [-0.4, -0.2) is 30.9 Å². The molecule has 1 aromatic carbocycles. The molecule has 2 unspecified atom stereocenters. The highest BCUT2D eigenvalue weighted by Gasteiger charge is 2.53. The molecule has 4 rings (SSSR count). The van der Waals surface area contributed by atoms with Gasteiger partial charge in [-0.2, -0.15) is 0 Å². The van der Waals surface area contributed by atoms with Crippen LogP contribution in [0.3, 0.4) is 0 Å². The molecular weight excluding hydrogens is 242 g/mol. The van der Waals surface area contributed by atoms with E-state index in [4.69, 9.17) is 0 Å². The lowest BCUT2D eigenvalue weighted by Crippen LogP contribution is -2.32. The smallest absolute Gasteiger partial charge is 0.251 e. The lowest BCUT2D eigenvalue weighted by atomic mass is 10.1. The van der Waals surface area contributed by atoms with Crippen molar-refractivity contribution >= 4 is 17.5 Å². The first-order valence-corrected chi connectivity index (χ1v) is 6.67. The number of fused-ring (bicyclic) bond motifs is 2. The average molecular weight is 257 g/mol. The van der Waals surface area contributed by atoms with Crippen LogP contribution in [0.4, 0.5) is 5.69 Å². The van der Waals surface area contributed by atoms with Gasteiger partial charge in [0, 0.05) is 30.4 Å². The van der Waals surface area contributed by atoms with Crippen molar-refractivity contribution in [3.63, 3.8) is 0 Å². The fraction of sp³-hybridized carbons (Fsp3) is 0.429. The first-order chi connectivity index (χ1) is 9.22. The molecule has 0 radical (unpaired) electrons. The van der Waals surface area contributed by atoms with Crippen molar-refractivity contribution < 1.29 is 9.59 Å². The molecule has 1 aliphatic carbocycles. The molecule has 1 saturated carbocycles. The maximum atomic E-state index is 12.2. The molecule has 5 heteroatoms. The predicted octanol–water partition coefficient (Wildman–Crippen LogP) is 0.129. The molecule has 2 aliphatic heterocycles. The zero-order valence-corrected chi connectivity index (χ0v) is 10.4. The standard InChI is InChI=1S/C14H15N3O2/c18-12-4-7-1-2-8(3-11(7)16-12)14(19)17-13-9-5-15-6-10(9)13/h1-3,9-10,13,15H,4-6H2,(H,16,18)(H,17,19). The Bertz CT molecular complexity index is 574. The molecule has 0 aromatic heterocycles. The summed E-state index contributed by atoms with van der Waals surface area (Å²) in [6.07, 6.45) is 0.412. The number of piperidine rings is 1. The van der Waals surface area contributed by atoms with Crippen LogP contribution in [0, 0.1) is 11.8 Å². The first kappa shape index (κ1) is 11.0. The Kier molecular flexibility index (Phi) is 2.20. The van der Waals surface area contributed by atoms with E-state index in [-0.39, 0.29) is 11.8 Å². The molecule has 19 heavy (non-hydrogen) atoms. The number of carbonyl (C=O) groups excluding carboxylic acids is 2. The highest BCUT2D eigenvalue weighted by molar-refractivity contribution is 6.02. The van der Waals surface area contributed by atoms with Gasteiger partial charge >= 0.3 is 0 Å². The average Bonchev–Trinajstić information content (AvgIpc) is 2.81. The first-order valence-electron chi connectivity index (χ1n) is 6.67. The van der Waals surface area contributed by atoms with Crippen LogP contribution < -0.4 is 16.0 Å². The Morgan fingerprint density at radius 3 is 2.84 bits per heavy atom. The molecular formula is C14H15N3O2. The Morgan fingerprint density at radius 2 is 2.05 bits per heavy atom. The second-order valence-electron chi connectivity index (χ2n) is 5.58. The van der Waals surface area contributed by atoms with Crippen LogP contribution in [0.15, 0.2) is 18.2 Å². The summed E-state index contributed by atoms with van der Waals surface area (Å²) >= 11 is 0. The van der Waals surface area contributed by atoms with E-state index in [9.17, 15) is 9.59 Å². The Morgan fingerprint density at radius 1 is 1.26 bits per heavy atom. The van der Waals surface area contributed by atoms with Crippen molar-refractivity contribution in [3.8, 4) is 0 Å². The van der Waals surface area contributed by atoms with E-state index in [2.05, 4.69) is 16.0 Å². The Balaban J connectivity index is 1.49. The molecule has 1 aromatic rings. The fourth-order valence-electron chi connectivity index (χ4n) is 3.22. The molecule has 2 heterocycles. The van der Waals surface area contributed by atoms with Crippen LogP contribution in [0.25, 0.3) is 0 Å². The summed E-state index contributed by atoms with van der Waals surface area (Å²) in [5.41, 5.74) is 2.36. The van der Waals surface area contributed by atoms with Gasteiger partial charge in [-0.05, 0) is 29.5 Å². The molecule has 2 atom stereocenters. The molecule has 98 valence electrons. The predicted molar refractivity (Wildman–Crippen MR) is 69.9 cm³/mol. The summed E-state index contributed by atoms with van der Waals surface area (Å²) in [5, 5.41) is 9.16. The van der Waals surface area contributed by atoms with E-state index in [1.54, 1.807) is 12.1 Å². The van der Waals surface area contributed by atoms with Crippen molar-refractivity contribution in [1.82, 2.24) is 10.6 Å². The molecule has 5 nitrogen and oxygen atoms in total. The van der Waals surface area contributed by atoms with E-state index in [0.717, 1.165) is 24.3 Å². The number of hydrogen-bond donors (Lipinski definition) is 3. The topological polar surface area (TPSA) is 70.2 Å². The van der Waals surface area contributed by atoms with Gasteiger partial charge in [0.2, 0.25) is 5.91 Å². The third-order valence-electron chi connectivity index (χ3n) is 4.39. The zero-order valence-electron chi connectivity index (χ0n) is 10.4. The van der Waals surface area contributed by atoms with E-state index in [1.807, 2.05) is 6.07 Å². The number of carbonyl (C=O) groups is 2. The van der Waals surface area contributed by atoms with Gasteiger partial charge < -0.3 is 16.0 Å². The number of hydrogen-bond acceptors (Lipinski definition) is 3. The van der Waals surface area contributed by atoms with E-state index >= 15 is 0 Å². The summed E-state index contributed by atoms with van der Waals surface area (Å²) in [4.78, 5) is 23.4. The molecule has 0 spiro atoms. The van der Waals surface area contributed by atoms with Gasteiger partial charge in [-0.25, -0.2) is 0 Å². The minimum Gasteiger partial charge on any atom is -0.349 e. The molecule has 1 saturated heterocycles. The van der Waals surface area contributed by atoms with Gasteiger partial charge in [0.05, 0.1) is 6.42 Å². The van der Waals surface area contributed by atoms with Crippen LogP contribution in [0.2, 0.25) is 0 Å². The SMILES string of the molecule is O=C1Cc2ccc(C(=O)NC3C4CNCC43)cc2N1. The number of amides is 2. The van der Waals surface area contributed by atoms with Crippen LogP contribution >= 0.6 is 0 Å². The van der Waals surface area contributed by atoms with Crippen LogP contribution in [0.1, 0.15) is 15.9 Å². The van der Waals surface area contributed by atoms with Gasteiger partial charge in [-0.3, -0.25) is 9.59 Å². The van der Waals surface area contributed by atoms with Crippen molar-refractivity contribution in [1.29, 1.82) is 0 Å². The number of nitrogens with one attached hydrogen (secondary N) is 3. The Hall–Kier alpha value is -1.88. The Labute approximate surface area is 110 Å². The van der Waals surface area contributed by atoms with Gasteiger partial charge in [0.25, 0.3) is 5.91 Å². The van der Waals surface area contributed by atoms with E-state index in [1.165, 1.54) is 0 Å². The summed E-state index contributed by atoms with van der Waals surface area (Å²) in [6.45, 7) is 2.02. The van der Waals surface area contributed by atoms with E-state index in [0.29, 0.717) is 29.9 Å². The second kappa shape index (κ2) is 3.81. The third kappa shape index (κ3) is 1.73. The van der Waals surface area contributed by atoms with Crippen molar-refractivity contribution in [2.45, 2.75) is 12.5 Å². The van der Waals surface area contributed by atoms with Crippen LogP contribution in [0.5, 0.6) is 0 Å². The lowest BCUT2D eigenvalue weighted by Gasteiger charge is -2.08. The maximum absolute atomic E-state index is 12.2. The van der Waals surface area contributed by atoms with Gasteiger partial charge in [-0.1, -0.05) is 6.07 Å². The molecule has 3 N–H and O–H groups in total. The maximum Gasteiger partial charge on any atom is 0.251 e. The van der Waals surface area contributed by atoms with Gasteiger partial charge in [0.1, 0.15) is 0 Å². The van der Waals surface area contributed by atoms with Crippen LogP contribution in [-0.2, 0) is 11.2 Å². The monoisotopic (exact) mass is 257 g/mol. The van der Waals surface area contributed by atoms with Crippen molar-refractivity contribution in [3.05, 3.63) is 29.3 Å². The molecule has 2 amide bonds. The fourth-order valence-corrected chi connectivity index (χ4v) is 3.22. The molecule has 3 aliphatic rings. The van der Waals surface area contributed by atoms with E-state index < -0.39 is 0 Å². The third-order valence-corrected chi connectivity index (χ3v) is 4.39. The summed E-state index contributed by atoms with van der Waals surface area (Å²) < 4.78 is 0. The molecule has 2 fully saturated rings. The number of rotatable bonds is 2. The zero-order chi connectivity index (χ0) is 13.0. The largest absolute Gasteiger partial charge is 0.349 e. The van der Waals surface area contributed by atoms with Gasteiger partial charge in [0.15, 0.2) is 0 Å². The van der Waals surface area contributed by atoms with Crippen molar-refractivity contribution in [2.75, 3.05) is 18.4 Å². The molecule has 0 bridgehead atoms. The van der Waals surface area contributed by atoms with Gasteiger partial charge in [-0.15, -0.1) is 0 Å². The number of benzene rings is 1. The second-order valence-corrected chi connectivity index (χ2v) is 5.58. The normalized spacial score (nSPS) is 30.5. The van der Waals surface area contributed by atoms with Crippen molar-refractivity contribution in [2.24, 2.45) is 11.8 Å². The highest BCUT2D eigenvalue weighted by atomic mass is 16.2. The minimum atomic E-state index is -0.0386. The summed E-state index contributed by atoms with van der Waals surface area (Å²) in [5.74, 6) is 1.18. The summed E-state index contributed by atoms with van der Waals surface area (Å²) in [6, 6.07) is 5.76. The summed E-state index contributed by atoms with van der Waals surface area (Å²) in [7, 11) is 0. The quantitative estimate of drug-likeness (QED) is 0.705. The number of anilines is 1.